The molecular formula is C12H22N4O2. The number of hydrogen-bond donors (Lipinski definition) is 3. The Hall–Kier alpha value is -1.30. The van der Waals surface area contributed by atoms with E-state index in [1.54, 1.807) is 0 Å². The second kappa shape index (κ2) is 5.14. The van der Waals surface area contributed by atoms with E-state index in [2.05, 4.69) is 22.4 Å². The highest BCUT2D eigenvalue weighted by molar-refractivity contribution is 6.09. The highest BCUT2D eigenvalue weighted by Gasteiger charge is 2.54. The van der Waals surface area contributed by atoms with Gasteiger partial charge in [0.25, 0.3) is 0 Å². The van der Waals surface area contributed by atoms with Crippen molar-refractivity contribution in [2.45, 2.75) is 25.7 Å². The van der Waals surface area contributed by atoms with E-state index in [1.807, 2.05) is 0 Å². The predicted molar refractivity (Wildman–Crippen MR) is 68.3 cm³/mol. The van der Waals surface area contributed by atoms with Gasteiger partial charge in [-0.3, -0.25) is 4.79 Å². The summed E-state index contributed by atoms with van der Waals surface area (Å²) < 4.78 is 0. The lowest BCUT2D eigenvalue weighted by Gasteiger charge is -2.29. The fourth-order valence-electron chi connectivity index (χ4n) is 2.49. The van der Waals surface area contributed by atoms with Gasteiger partial charge in [0.15, 0.2) is 5.84 Å². The van der Waals surface area contributed by atoms with Crippen molar-refractivity contribution in [3.63, 3.8) is 0 Å². The Morgan fingerprint density at radius 1 is 1.50 bits per heavy atom. The Morgan fingerprint density at radius 2 is 2.11 bits per heavy atom. The number of piperidine rings is 1. The number of hydrogen-bond acceptors (Lipinski definition) is 4. The summed E-state index contributed by atoms with van der Waals surface area (Å²) in [6, 6.07) is 0. The molecule has 102 valence electrons. The molecule has 4 N–H and O–H groups in total. The number of oxime groups is 1. The van der Waals surface area contributed by atoms with E-state index >= 15 is 0 Å². The van der Waals surface area contributed by atoms with Crippen LogP contribution in [0.1, 0.15) is 25.7 Å². The first-order valence-corrected chi connectivity index (χ1v) is 6.53. The molecule has 0 aromatic carbocycles. The third-order valence-corrected chi connectivity index (χ3v) is 4.17. The molecule has 6 heteroatoms. The lowest BCUT2D eigenvalue weighted by molar-refractivity contribution is -0.124. The number of likely N-dealkylation sites (tertiary alicyclic amines) is 1. The van der Waals surface area contributed by atoms with Gasteiger partial charge in [-0.15, -0.1) is 0 Å². The highest BCUT2D eigenvalue weighted by Crippen LogP contribution is 2.46. The Labute approximate surface area is 107 Å². The maximum absolute atomic E-state index is 12.0. The van der Waals surface area contributed by atoms with Gasteiger partial charge in [-0.05, 0) is 51.7 Å². The lowest BCUT2D eigenvalue weighted by atomic mass is 9.96. The molecule has 1 aliphatic heterocycles. The van der Waals surface area contributed by atoms with Crippen molar-refractivity contribution in [1.82, 2.24) is 10.2 Å². The Balaban J connectivity index is 1.79. The number of carbonyl (C=O) groups is 1. The highest BCUT2D eigenvalue weighted by atomic mass is 16.4. The molecule has 1 saturated carbocycles. The van der Waals surface area contributed by atoms with Crippen LogP contribution in [0.3, 0.4) is 0 Å². The lowest BCUT2D eigenvalue weighted by Crippen LogP contribution is -2.43. The molecule has 2 aliphatic rings. The van der Waals surface area contributed by atoms with E-state index in [1.165, 1.54) is 0 Å². The van der Waals surface area contributed by atoms with Crippen LogP contribution in [0.5, 0.6) is 0 Å². The molecule has 1 aliphatic carbocycles. The Kier molecular flexibility index (Phi) is 3.75. The normalized spacial score (nSPS) is 24.8. The van der Waals surface area contributed by atoms with Crippen LogP contribution in [0.4, 0.5) is 0 Å². The summed E-state index contributed by atoms with van der Waals surface area (Å²) in [4.78, 5) is 14.3. The minimum absolute atomic E-state index is 0.0448. The second-order valence-corrected chi connectivity index (χ2v) is 5.52. The quantitative estimate of drug-likeness (QED) is 0.284. The molecule has 1 saturated heterocycles. The third-order valence-electron chi connectivity index (χ3n) is 4.17. The van der Waals surface area contributed by atoms with Crippen molar-refractivity contribution in [2.24, 2.45) is 22.2 Å². The second-order valence-electron chi connectivity index (χ2n) is 5.52. The number of nitrogens with one attached hydrogen (secondary N) is 1. The molecule has 0 unspecified atom stereocenters. The molecule has 1 heterocycles. The van der Waals surface area contributed by atoms with Crippen LogP contribution in [-0.4, -0.2) is 48.5 Å². The van der Waals surface area contributed by atoms with Crippen LogP contribution >= 0.6 is 0 Å². The topological polar surface area (TPSA) is 91.0 Å². The van der Waals surface area contributed by atoms with Crippen molar-refractivity contribution >= 4 is 11.7 Å². The van der Waals surface area contributed by atoms with Gasteiger partial charge >= 0.3 is 0 Å². The summed E-state index contributed by atoms with van der Waals surface area (Å²) in [6.07, 6.45) is 3.60. The van der Waals surface area contributed by atoms with Gasteiger partial charge in [0.2, 0.25) is 5.91 Å². The van der Waals surface area contributed by atoms with Crippen molar-refractivity contribution in [2.75, 3.05) is 26.7 Å². The number of nitrogens with zero attached hydrogens (tertiary/aromatic N) is 2. The van der Waals surface area contributed by atoms with E-state index < -0.39 is 5.41 Å². The van der Waals surface area contributed by atoms with Crippen molar-refractivity contribution in [3.05, 3.63) is 0 Å². The zero-order chi connectivity index (χ0) is 13.2. The van der Waals surface area contributed by atoms with E-state index in [0.29, 0.717) is 25.3 Å². The summed E-state index contributed by atoms with van der Waals surface area (Å²) >= 11 is 0. The van der Waals surface area contributed by atoms with Crippen molar-refractivity contribution in [1.29, 1.82) is 0 Å². The van der Waals surface area contributed by atoms with Crippen LogP contribution in [0, 0.1) is 11.3 Å². The van der Waals surface area contributed by atoms with Crippen LogP contribution < -0.4 is 11.1 Å². The maximum atomic E-state index is 12.0. The van der Waals surface area contributed by atoms with Gasteiger partial charge in [0, 0.05) is 6.54 Å². The molecule has 1 amide bonds. The first-order valence-electron chi connectivity index (χ1n) is 6.53. The maximum Gasteiger partial charge on any atom is 0.233 e. The molecule has 18 heavy (non-hydrogen) atoms. The molecule has 0 radical (unpaired) electrons. The summed E-state index contributed by atoms with van der Waals surface area (Å²) in [5.41, 5.74) is 4.85. The van der Waals surface area contributed by atoms with E-state index in [4.69, 9.17) is 10.9 Å². The predicted octanol–water partition coefficient (Wildman–Crippen LogP) is -0.0290. The van der Waals surface area contributed by atoms with Crippen LogP contribution in [0.15, 0.2) is 5.16 Å². The Bertz CT molecular complexity index is 344. The summed E-state index contributed by atoms with van der Waals surface area (Å²) in [6.45, 7) is 2.88. The van der Waals surface area contributed by atoms with E-state index in [0.717, 1.165) is 25.9 Å². The molecule has 2 fully saturated rings. The molecule has 0 spiro atoms. The standard InChI is InChI=1S/C12H22N4O2/c1-16-6-2-9(3-7-16)8-14-11(17)12(4-5-12)10(13)15-18/h9,18H,2-8H2,1H3,(H2,13,15)(H,14,17). The monoisotopic (exact) mass is 254 g/mol. The molecule has 6 nitrogen and oxygen atoms in total. The smallest absolute Gasteiger partial charge is 0.233 e. The van der Waals surface area contributed by atoms with Gasteiger partial charge < -0.3 is 21.2 Å². The molecule has 0 atom stereocenters. The molecule has 0 aromatic rings. The molecular weight excluding hydrogens is 232 g/mol. The number of rotatable bonds is 4. The number of amides is 1. The van der Waals surface area contributed by atoms with Crippen molar-refractivity contribution < 1.29 is 10.0 Å². The van der Waals surface area contributed by atoms with Crippen LogP contribution in [-0.2, 0) is 4.79 Å². The van der Waals surface area contributed by atoms with Gasteiger partial charge in [0.05, 0.1) is 0 Å². The van der Waals surface area contributed by atoms with Gasteiger partial charge in [-0.1, -0.05) is 5.16 Å². The fourth-order valence-corrected chi connectivity index (χ4v) is 2.49. The van der Waals surface area contributed by atoms with Gasteiger partial charge in [0.1, 0.15) is 5.41 Å². The number of amidine groups is 1. The third kappa shape index (κ3) is 2.58. The number of nitrogens with two attached hydrogens (primary N) is 1. The summed E-state index contributed by atoms with van der Waals surface area (Å²) in [5, 5.41) is 14.6. The SMILES string of the molecule is CN1CCC(CNC(=O)C2(C(N)=NO)CC2)CC1. The molecule has 0 aromatic heterocycles. The summed E-state index contributed by atoms with van der Waals surface area (Å²) in [7, 11) is 2.12. The van der Waals surface area contributed by atoms with Gasteiger partial charge in [-0.2, -0.15) is 0 Å². The first-order chi connectivity index (χ1) is 8.58. The zero-order valence-electron chi connectivity index (χ0n) is 10.9. The first kappa shape index (κ1) is 13.1. The van der Waals surface area contributed by atoms with Crippen LogP contribution in [0.25, 0.3) is 0 Å². The number of carbonyl (C=O) groups excluding carboxylic acids is 1. The van der Waals surface area contributed by atoms with Crippen molar-refractivity contribution in [3.8, 4) is 0 Å². The van der Waals surface area contributed by atoms with Gasteiger partial charge in [-0.25, -0.2) is 0 Å². The zero-order valence-corrected chi connectivity index (χ0v) is 10.9. The van der Waals surface area contributed by atoms with Crippen LogP contribution in [0.2, 0.25) is 0 Å². The van der Waals surface area contributed by atoms with E-state index in [9.17, 15) is 4.79 Å². The molecule has 2 rings (SSSR count). The fraction of sp³-hybridized carbons (Fsp3) is 0.833. The van der Waals surface area contributed by atoms with E-state index in [-0.39, 0.29) is 11.7 Å². The minimum atomic E-state index is -0.722. The average molecular weight is 254 g/mol. The summed E-state index contributed by atoms with van der Waals surface area (Å²) in [5.74, 6) is 0.508. The minimum Gasteiger partial charge on any atom is -0.409 e. The molecule has 0 bridgehead atoms. The Morgan fingerprint density at radius 3 is 2.61 bits per heavy atom. The largest absolute Gasteiger partial charge is 0.409 e. The average Bonchev–Trinajstić information content (AvgIpc) is 3.18.